The average Bonchev–Trinajstić information content (AvgIpc) is 2.88. The van der Waals surface area contributed by atoms with Crippen LogP contribution in [0.4, 0.5) is 0 Å². The number of nitrogens with one attached hydrogen (secondary N) is 1. The van der Waals surface area contributed by atoms with Crippen LogP contribution in [0.3, 0.4) is 0 Å². The van der Waals surface area contributed by atoms with Gasteiger partial charge in [0.25, 0.3) is 0 Å². The van der Waals surface area contributed by atoms with Gasteiger partial charge in [-0.25, -0.2) is 0 Å². The number of aromatic nitrogens is 1. The Bertz CT molecular complexity index is 621. The van der Waals surface area contributed by atoms with Gasteiger partial charge in [-0.2, -0.15) is 0 Å². The first-order valence-electron chi connectivity index (χ1n) is 7.63. The Morgan fingerprint density at radius 3 is 2.45 bits per heavy atom. The summed E-state index contributed by atoms with van der Waals surface area (Å²) in [7, 11) is 0. The van der Waals surface area contributed by atoms with Gasteiger partial charge in [0.1, 0.15) is 11.5 Å². The van der Waals surface area contributed by atoms with E-state index in [-0.39, 0.29) is 11.3 Å². The minimum Gasteiger partial charge on any atom is -0.361 e. The molecule has 4 nitrogen and oxygen atoms in total. The standard InChI is InChI=1S/C18H24N2O2/c1-13-11-16(20-22-13)12-19-17(21)10-7-14-5-8-15(9-6-14)18(2,3)4/h5-6,8-9,11H,7,10,12H2,1-4H3,(H,19,21). The molecular formula is C18H24N2O2. The van der Waals surface area contributed by atoms with Crippen molar-refractivity contribution >= 4 is 5.91 Å². The predicted octanol–water partition coefficient (Wildman–Crippen LogP) is 3.53. The smallest absolute Gasteiger partial charge is 0.220 e. The fraction of sp³-hybridized carbons (Fsp3) is 0.444. The molecule has 0 aliphatic carbocycles. The van der Waals surface area contributed by atoms with Crippen molar-refractivity contribution in [3.05, 3.63) is 52.9 Å². The molecule has 0 saturated heterocycles. The zero-order valence-electron chi connectivity index (χ0n) is 13.8. The summed E-state index contributed by atoms with van der Waals surface area (Å²) in [5.41, 5.74) is 3.40. The van der Waals surface area contributed by atoms with Crippen molar-refractivity contribution in [3.8, 4) is 0 Å². The molecule has 4 heteroatoms. The molecule has 0 aliphatic rings. The summed E-state index contributed by atoms with van der Waals surface area (Å²) in [4.78, 5) is 11.9. The number of nitrogens with zero attached hydrogens (tertiary/aromatic N) is 1. The summed E-state index contributed by atoms with van der Waals surface area (Å²) >= 11 is 0. The van der Waals surface area contributed by atoms with E-state index in [0.717, 1.165) is 17.9 Å². The number of aryl methyl sites for hydroxylation is 2. The molecule has 0 fully saturated rings. The molecule has 1 heterocycles. The van der Waals surface area contributed by atoms with Crippen LogP contribution in [0.2, 0.25) is 0 Å². The van der Waals surface area contributed by atoms with Gasteiger partial charge < -0.3 is 9.84 Å². The summed E-state index contributed by atoms with van der Waals surface area (Å²) in [5.74, 6) is 0.781. The molecule has 1 aromatic heterocycles. The normalized spacial score (nSPS) is 11.5. The highest BCUT2D eigenvalue weighted by Crippen LogP contribution is 2.22. The molecule has 0 atom stereocenters. The largest absolute Gasteiger partial charge is 0.361 e. The highest BCUT2D eigenvalue weighted by molar-refractivity contribution is 5.76. The van der Waals surface area contributed by atoms with E-state index in [4.69, 9.17) is 4.52 Å². The van der Waals surface area contributed by atoms with Crippen molar-refractivity contribution in [2.75, 3.05) is 0 Å². The van der Waals surface area contributed by atoms with Crippen LogP contribution in [0.25, 0.3) is 0 Å². The van der Waals surface area contributed by atoms with Crippen LogP contribution in [0.5, 0.6) is 0 Å². The third-order valence-electron chi connectivity index (χ3n) is 3.60. The molecular weight excluding hydrogens is 276 g/mol. The lowest BCUT2D eigenvalue weighted by Crippen LogP contribution is -2.23. The van der Waals surface area contributed by atoms with Gasteiger partial charge in [-0.15, -0.1) is 0 Å². The lowest BCUT2D eigenvalue weighted by molar-refractivity contribution is -0.121. The van der Waals surface area contributed by atoms with Crippen molar-refractivity contribution in [3.63, 3.8) is 0 Å². The molecule has 0 radical (unpaired) electrons. The van der Waals surface area contributed by atoms with Crippen LogP contribution in [-0.2, 0) is 23.2 Å². The van der Waals surface area contributed by atoms with Crippen molar-refractivity contribution < 1.29 is 9.32 Å². The number of benzene rings is 1. The van der Waals surface area contributed by atoms with Crippen LogP contribution in [0, 0.1) is 6.92 Å². The van der Waals surface area contributed by atoms with E-state index in [1.807, 2.05) is 13.0 Å². The van der Waals surface area contributed by atoms with Gasteiger partial charge >= 0.3 is 0 Å². The Morgan fingerprint density at radius 1 is 1.23 bits per heavy atom. The first kappa shape index (κ1) is 16.3. The molecule has 1 N–H and O–H groups in total. The number of carbonyl (C=O) groups excluding carboxylic acids is 1. The molecule has 2 aromatic rings. The van der Waals surface area contributed by atoms with Crippen molar-refractivity contribution in [2.24, 2.45) is 0 Å². The number of rotatable bonds is 5. The van der Waals surface area contributed by atoms with Crippen LogP contribution in [0.1, 0.15) is 49.8 Å². The Morgan fingerprint density at radius 2 is 1.91 bits per heavy atom. The third-order valence-corrected chi connectivity index (χ3v) is 3.60. The minimum atomic E-state index is 0.0283. The van der Waals surface area contributed by atoms with E-state index in [2.05, 4.69) is 55.5 Å². The second-order valence-corrected chi connectivity index (χ2v) is 6.65. The number of amides is 1. The third kappa shape index (κ3) is 4.72. The van der Waals surface area contributed by atoms with Crippen LogP contribution in [-0.4, -0.2) is 11.1 Å². The van der Waals surface area contributed by atoms with Gasteiger partial charge in [0.05, 0.1) is 6.54 Å². The summed E-state index contributed by atoms with van der Waals surface area (Å²) in [6, 6.07) is 10.3. The summed E-state index contributed by atoms with van der Waals surface area (Å²) < 4.78 is 4.96. The Hall–Kier alpha value is -2.10. The number of hydrogen-bond acceptors (Lipinski definition) is 3. The SMILES string of the molecule is Cc1cc(CNC(=O)CCc2ccc(C(C)(C)C)cc2)no1. The maximum absolute atomic E-state index is 11.9. The molecule has 1 aromatic carbocycles. The van der Waals surface area contributed by atoms with Crippen molar-refractivity contribution in [2.45, 2.75) is 52.5 Å². The molecule has 0 spiro atoms. The zero-order chi connectivity index (χ0) is 16.2. The van der Waals surface area contributed by atoms with Gasteiger partial charge in [-0.3, -0.25) is 4.79 Å². The molecule has 118 valence electrons. The minimum absolute atomic E-state index is 0.0283. The molecule has 22 heavy (non-hydrogen) atoms. The fourth-order valence-corrected chi connectivity index (χ4v) is 2.21. The first-order valence-corrected chi connectivity index (χ1v) is 7.63. The number of carbonyl (C=O) groups is 1. The van der Waals surface area contributed by atoms with Gasteiger partial charge in [0.15, 0.2) is 0 Å². The summed E-state index contributed by atoms with van der Waals surface area (Å²) in [5, 5.41) is 6.71. The molecule has 0 bridgehead atoms. The van der Waals surface area contributed by atoms with Gasteiger partial charge in [0.2, 0.25) is 5.91 Å². The topological polar surface area (TPSA) is 55.1 Å². The average molecular weight is 300 g/mol. The predicted molar refractivity (Wildman–Crippen MR) is 86.5 cm³/mol. The maximum atomic E-state index is 11.9. The van der Waals surface area contributed by atoms with Crippen LogP contribution in [0.15, 0.2) is 34.9 Å². The summed E-state index contributed by atoms with van der Waals surface area (Å²) in [6.45, 7) is 8.84. The highest BCUT2D eigenvalue weighted by Gasteiger charge is 2.13. The second kappa shape index (κ2) is 6.77. The molecule has 0 unspecified atom stereocenters. The van der Waals surface area contributed by atoms with E-state index in [0.29, 0.717) is 13.0 Å². The fourth-order valence-electron chi connectivity index (χ4n) is 2.21. The van der Waals surface area contributed by atoms with E-state index in [1.165, 1.54) is 11.1 Å². The quantitative estimate of drug-likeness (QED) is 0.919. The van der Waals surface area contributed by atoms with E-state index in [1.54, 1.807) is 0 Å². The second-order valence-electron chi connectivity index (χ2n) is 6.65. The van der Waals surface area contributed by atoms with Gasteiger partial charge in [-0.05, 0) is 29.9 Å². The van der Waals surface area contributed by atoms with Crippen molar-refractivity contribution in [1.29, 1.82) is 0 Å². The molecule has 0 aliphatic heterocycles. The highest BCUT2D eigenvalue weighted by atomic mass is 16.5. The first-order chi connectivity index (χ1) is 10.3. The lowest BCUT2D eigenvalue weighted by atomic mass is 9.86. The van der Waals surface area contributed by atoms with E-state index in [9.17, 15) is 4.79 Å². The molecule has 1 amide bonds. The molecule has 0 saturated carbocycles. The van der Waals surface area contributed by atoms with Crippen molar-refractivity contribution in [1.82, 2.24) is 10.5 Å². The zero-order valence-corrected chi connectivity index (χ0v) is 13.8. The van der Waals surface area contributed by atoms with Gasteiger partial charge in [-0.1, -0.05) is 50.2 Å². The monoisotopic (exact) mass is 300 g/mol. The van der Waals surface area contributed by atoms with E-state index < -0.39 is 0 Å². The van der Waals surface area contributed by atoms with Crippen LogP contribution < -0.4 is 5.32 Å². The Kier molecular flexibility index (Phi) is 5.01. The maximum Gasteiger partial charge on any atom is 0.220 e. The number of hydrogen-bond donors (Lipinski definition) is 1. The summed E-state index contributed by atoms with van der Waals surface area (Å²) in [6.07, 6.45) is 1.22. The van der Waals surface area contributed by atoms with Crippen LogP contribution >= 0.6 is 0 Å². The Labute approximate surface area is 131 Å². The van der Waals surface area contributed by atoms with Gasteiger partial charge in [0, 0.05) is 12.5 Å². The van der Waals surface area contributed by atoms with E-state index >= 15 is 0 Å². The molecule has 2 rings (SSSR count). The lowest BCUT2D eigenvalue weighted by Gasteiger charge is -2.19. The Balaban J connectivity index is 1.78.